The van der Waals surface area contributed by atoms with Crippen LogP contribution in [-0.4, -0.2) is 17.4 Å². The van der Waals surface area contributed by atoms with Gasteiger partial charge in [-0.05, 0) is 76.1 Å². The van der Waals surface area contributed by atoms with Gasteiger partial charge < -0.3 is 9.30 Å². The van der Waals surface area contributed by atoms with Crippen LogP contribution >= 0.6 is 0 Å². The van der Waals surface area contributed by atoms with Crippen molar-refractivity contribution in [2.75, 3.05) is 0 Å². The fraction of sp³-hybridized carbons (Fsp3) is 0.391. The van der Waals surface area contributed by atoms with Crippen molar-refractivity contribution in [1.29, 1.82) is 0 Å². The average molecular weight is 347 g/mol. The van der Waals surface area contributed by atoms with Crippen molar-refractivity contribution in [3.05, 3.63) is 54.6 Å². The molecule has 26 heavy (non-hydrogen) atoms. The minimum Gasteiger partial charge on any atom is -0.488 e. The molecule has 0 unspecified atom stereocenters. The summed E-state index contributed by atoms with van der Waals surface area (Å²) in [6.45, 7) is 11.0. The molecule has 0 amide bonds. The van der Waals surface area contributed by atoms with Crippen molar-refractivity contribution in [1.82, 2.24) is 4.57 Å². The van der Waals surface area contributed by atoms with E-state index in [1.807, 2.05) is 0 Å². The quantitative estimate of drug-likeness (QED) is 0.455. The zero-order valence-electron chi connectivity index (χ0n) is 16.8. The summed E-state index contributed by atoms with van der Waals surface area (Å²) in [5.41, 5.74) is 3.66. The largest absolute Gasteiger partial charge is 0.488 e. The summed E-state index contributed by atoms with van der Waals surface area (Å²) in [5.74, 6) is 0.946. The Morgan fingerprint density at radius 3 is 2.38 bits per heavy atom. The van der Waals surface area contributed by atoms with Crippen LogP contribution in [0.2, 0.25) is 13.1 Å². The number of benzene rings is 2. The molecular formula is C23H30BNO. The van der Waals surface area contributed by atoms with Gasteiger partial charge in [0.1, 0.15) is 18.6 Å². The zero-order chi connectivity index (χ0) is 18.7. The van der Waals surface area contributed by atoms with Crippen LogP contribution in [0.5, 0.6) is 5.75 Å². The number of fused-ring (bicyclic) bond motifs is 1. The minimum atomic E-state index is -0.121. The fourth-order valence-electron chi connectivity index (χ4n) is 3.62. The first-order valence-corrected chi connectivity index (χ1v) is 9.81. The van der Waals surface area contributed by atoms with Gasteiger partial charge in [0.25, 0.3) is 0 Å². The van der Waals surface area contributed by atoms with Crippen molar-refractivity contribution in [3.8, 4) is 17.0 Å². The van der Waals surface area contributed by atoms with E-state index in [0.29, 0.717) is 6.04 Å². The standard InChI is InChI=1S/C23H30BNO/c1-17(2)25-21-9-7-6-8-19(21)16-22(25)18-10-12-20(13-11-18)26-23(3,4)14-15-24-5/h6-13,16-17,24H,14-15H2,1-5H3. The van der Waals surface area contributed by atoms with E-state index in [1.54, 1.807) is 0 Å². The first-order valence-electron chi connectivity index (χ1n) is 9.81. The van der Waals surface area contributed by atoms with Gasteiger partial charge in [0.2, 0.25) is 0 Å². The normalized spacial score (nSPS) is 11.9. The third-order valence-electron chi connectivity index (χ3n) is 4.94. The molecule has 3 rings (SSSR count). The number of hydrogen-bond donors (Lipinski definition) is 0. The van der Waals surface area contributed by atoms with Crippen LogP contribution in [0.3, 0.4) is 0 Å². The highest BCUT2D eigenvalue weighted by molar-refractivity contribution is 6.33. The molecule has 0 aliphatic heterocycles. The number of nitrogens with zero attached hydrogens (tertiary/aromatic N) is 1. The van der Waals surface area contributed by atoms with E-state index in [1.165, 1.54) is 35.8 Å². The zero-order valence-corrected chi connectivity index (χ0v) is 16.8. The Hall–Kier alpha value is -2.16. The lowest BCUT2D eigenvalue weighted by Crippen LogP contribution is -2.28. The van der Waals surface area contributed by atoms with E-state index >= 15 is 0 Å². The van der Waals surface area contributed by atoms with Crippen LogP contribution in [0.1, 0.15) is 40.2 Å². The summed E-state index contributed by atoms with van der Waals surface area (Å²) in [7, 11) is 1.20. The summed E-state index contributed by atoms with van der Waals surface area (Å²) in [5, 5.41) is 1.29. The number of rotatable bonds is 7. The van der Waals surface area contributed by atoms with Gasteiger partial charge in [-0.3, -0.25) is 0 Å². The third kappa shape index (κ3) is 3.98. The lowest BCUT2D eigenvalue weighted by atomic mass is 9.74. The van der Waals surface area contributed by atoms with Crippen molar-refractivity contribution in [3.63, 3.8) is 0 Å². The molecule has 0 aliphatic rings. The Kier molecular flexibility index (Phi) is 5.45. The van der Waals surface area contributed by atoms with Gasteiger partial charge in [-0.2, -0.15) is 0 Å². The molecule has 1 heterocycles. The summed E-state index contributed by atoms with van der Waals surface area (Å²) < 4.78 is 8.64. The van der Waals surface area contributed by atoms with Gasteiger partial charge in [-0.1, -0.05) is 31.3 Å². The molecule has 0 saturated heterocycles. The van der Waals surface area contributed by atoms with E-state index in [9.17, 15) is 0 Å². The third-order valence-corrected chi connectivity index (χ3v) is 4.94. The maximum absolute atomic E-state index is 6.22. The van der Waals surface area contributed by atoms with E-state index < -0.39 is 0 Å². The van der Waals surface area contributed by atoms with Crippen molar-refractivity contribution in [2.24, 2.45) is 0 Å². The van der Waals surface area contributed by atoms with E-state index in [4.69, 9.17) is 4.74 Å². The monoisotopic (exact) mass is 347 g/mol. The summed E-state index contributed by atoms with van der Waals surface area (Å²) in [6.07, 6.45) is 2.27. The maximum atomic E-state index is 6.22. The Morgan fingerprint density at radius 1 is 1.04 bits per heavy atom. The van der Waals surface area contributed by atoms with Gasteiger partial charge in [-0.25, -0.2) is 0 Å². The Morgan fingerprint density at radius 2 is 1.73 bits per heavy atom. The average Bonchev–Trinajstić information content (AvgIpc) is 3.00. The molecule has 0 atom stereocenters. The molecule has 0 spiro atoms. The lowest BCUT2D eigenvalue weighted by molar-refractivity contribution is 0.105. The van der Waals surface area contributed by atoms with Crippen molar-refractivity contribution in [2.45, 2.75) is 58.9 Å². The number of aromatic nitrogens is 1. The van der Waals surface area contributed by atoms with E-state index in [0.717, 1.165) is 12.2 Å². The highest BCUT2D eigenvalue weighted by atomic mass is 16.5. The molecule has 0 bridgehead atoms. The van der Waals surface area contributed by atoms with Crippen LogP contribution in [-0.2, 0) is 0 Å². The van der Waals surface area contributed by atoms with Crippen molar-refractivity contribution >= 4 is 18.2 Å². The fourth-order valence-corrected chi connectivity index (χ4v) is 3.62. The molecule has 2 nitrogen and oxygen atoms in total. The molecule has 0 aliphatic carbocycles. The molecular weight excluding hydrogens is 317 g/mol. The summed E-state index contributed by atoms with van der Waals surface area (Å²) in [4.78, 5) is 0. The van der Waals surface area contributed by atoms with Gasteiger partial charge in [0.05, 0.1) is 0 Å². The maximum Gasteiger partial charge on any atom is 0.120 e. The molecule has 0 saturated carbocycles. The molecule has 136 valence electrons. The molecule has 2 aromatic carbocycles. The van der Waals surface area contributed by atoms with Crippen LogP contribution in [0.4, 0.5) is 0 Å². The van der Waals surface area contributed by atoms with E-state index in [2.05, 4.69) is 93.7 Å². The second-order valence-electron chi connectivity index (χ2n) is 8.04. The highest BCUT2D eigenvalue weighted by Gasteiger charge is 2.19. The molecule has 0 N–H and O–H groups in total. The summed E-state index contributed by atoms with van der Waals surface area (Å²) >= 11 is 0. The summed E-state index contributed by atoms with van der Waals surface area (Å²) in [6, 6.07) is 19.9. The molecule has 3 heteroatoms. The van der Waals surface area contributed by atoms with Crippen LogP contribution in [0.25, 0.3) is 22.2 Å². The molecule has 0 radical (unpaired) electrons. The molecule has 1 aromatic heterocycles. The van der Waals surface area contributed by atoms with Gasteiger partial charge in [0, 0.05) is 22.6 Å². The van der Waals surface area contributed by atoms with Gasteiger partial charge in [-0.15, -0.1) is 0 Å². The van der Waals surface area contributed by atoms with Crippen LogP contribution in [0, 0.1) is 0 Å². The number of para-hydroxylation sites is 1. The van der Waals surface area contributed by atoms with Gasteiger partial charge in [0.15, 0.2) is 0 Å². The number of ether oxygens (including phenoxy) is 1. The smallest absolute Gasteiger partial charge is 0.120 e. The Balaban J connectivity index is 1.89. The lowest BCUT2D eigenvalue weighted by Gasteiger charge is -2.26. The highest BCUT2D eigenvalue weighted by Crippen LogP contribution is 2.33. The van der Waals surface area contributed by atoms with Crippen LogP contribution in [0.15, 0.2) is 54.6 Å². The second kappa shape index (κ2) is 7.61. The molecule has 0 fully saturated rings. The van der Waals surface area contributed by atoms with E-state index in [-0.39, 0.29) is 5.60 Å². The van der Waals surface area contributed by atoms with Crippen LogP contribution < -0.4 is 4.74 Å². The first kappa shape index (κ1) is 18.6. The molecule has 3 aromatic rings. The minimum absolute atomic E-state index is 0.121. The predicted molar refractivity (Wildman–Crippen MR) is 115 cm³/mol. The Bertz CT molecular complexity index is 862. The first-order chi connectivity index (χ1) is 12.4. The Labute approximate surface area is 158 Å². The predicted octanol–water partition coefficient (Wildman–Crippen LogP) is 6.34. The SMILES string of the molecule is CBCCC(C)(C)Oc1ccc(-c2cc3ccccc3n2C(C)C)cc1. The van der Waals surface area contributed by atoms with Gasteiger partial charge >= 0.3 is 0 Å². The second-order valence-corrected chi connectivity index (χ2v) is 8.04. The topological polar surface area (TPSA) is 14.2 Å². The number of hydrogen-bond acceptors (Lipinski definition) is 1. The van der Waals surface area contributed by atoms with Crippen molar-refractivity contribution < 1.29 is 4.74 Å².